The number of alkyl halides is 1. The number of rotatable bonds is 3. The van der Waals surface area contributed by atoms with Gasteiger partial charge in [0.25, 0.3) is 0 Å². The lowest BCUT2D eigenvalue weighted by Crippen LogP contribution is -2.42. The molecule has 0 atom stereocenters. The summed E-state index contributed by atoms with van der Waals surface area (Å²) >= 11 is 5.96. The van der Waals surface area contributed by atoms with Crippen LogP contribution in [-0.2, 0) is 5.88 Å². The first kappa shape index (κ1) is 12.7. The molecule has 0 aromatic carbocycles. The Labute approximate surface area is 108 Å². The van der Waals surface area contributed by atoms with Crippen LogP contribution in [0, 0.1) is 0 Å². The van der Waals surface area contributed by atoms with Gasteiger partial charge in [-0.1, -0.05) is 6.07 Å². The molecule has 1 fully saturated rings. The third-order valence-electron chi connectivity index (χ3n) is 3.58. The molecule has 0 aliphatic carbocycles. The molecular formula is C13H20ClN3. The molecule has 2 rings (SSSR count). The number of aromatic nitrogens is 1. The van der Waals surface area contributed by atoms with Crippen LogP contribution in [0.3, 0.4) is 0 Å². The van der Waals surface area contributed by atoms with Crippen molar-refractivity contribution in [2.24, 2.45) is 0 Å². The third kappa shape index (κ3) is 2.90. The fraction of sp³-hybridized carbons (Fsp3) is 0.615. The summed E-state index contributed by atoms with van der Waals surface area (Å²) in [4.78, 5) is 9.15. The Morgan fingerprint density at radius 2 is 2.18 bits per heavy atom. The van der Waals surface area contributed by atoms with E-state index in [9.17, 15) is 0 Å². The summed E-state index contributed by atoms with van der Waals surface area (Å²) in [5.41, 5.74) is 1.12. The first-order chi connectivity index (χ1) is 8.22. The summed E-state index contributed by atoms with van der Waals surface area (Å²) in [7, 11) is 4.32. The van der Waals surface area contributed by atoms with Gasteiger partial charge in [-0.15, -0.1) is 11.6 Å². The Kier molecular flexibility index (Phi) is 4.24. The molecule has 0 radical (unpaired) electrons. The first-order valence-electron chi connectivity index (χ1n) is 6.13. The molecule has 0 amide bonds. The zero-order valence-electron chi connectivity index (χ0n) is 10.6. The molecule has 0 N–H and O–H groups in total. The molecule has 4 heteroatoms. The Hall–Kier alpha value is -0.800. The van der Waals surface area contributed by atoms with Gasteiger partial charge in [0.05, 0.1) is 5.88 Å². The lowest BCUT2D eigenvalue weighted by atomic mass is 10.0. The highest BCUT2D eigenvalue weighted by atomic mass is 35.5. The number of piperidine rings is 1. The van der Waals surface area contributed by atoms with E-state index in [4.69, 9.17) is 11.6 Å². The summed E-state index contributed by atoms with van der Waals surface area (Å²) in [6, 6.07) is 4.59. The van der Waals surface area contributed by atoms with Gasteiger partial charge in [-0.25, -0.2) is 4.98 Å². The quantitative estimate of drug-likeness (QED) is 0.771. The van der Waals surface area contributed by atoms with E-state index >= 15 is 0 Å². The maximum Gasteiger partial charge on any atom is 0.132 e. The minimum Gasteiger partial charge on any atom is -0.356 e. The Morgan fingerprint density at radius 3 is 2.82 bits per heavy atom. The highest BCUT2D eigenvalue weighted by molar-refractivity contribution is 6.17. The number of anilines is 1. The van der Waals surface area contributed by atoms with Gasteiger partial charge in [-0.3, -0.25) is 0 Å². The smallest absolute Gasteiger partial charge is 0.132 e. The summed E-state index contributed by atoms with van der Waals surface area (Å²) < 4.78 is 0. The van der Waals surface area contributed by atoms with E-state index in [0.717, 1.165) is 24.5 Å². The van der Waals surface area contributed by atoms with Crippen molar-refractivity contribution >= 4 is 17.4 Å². The van der Waals surface area contributed by atoms with Crippen LogP contribution in [0.1, 0.15) is 18.4 Å². The van der Waals surface area contributed by atoms with E-state index in [-0.39, 0.29) is 0 Å². The lowest BCUT2D eigenvalue weighted by Gasteiger charge is -2.36. The average molecular weight is 254 g/mol. The molecule has 94 valence electrons. The molecule has 0 bridgehead atoms. The van der Waals surface area contributed by atoms with E-state index in [1.54, 1.807) is 0 Å². The normalized spacial score (nSPS) is 18.3. The van der Waals surface area contributed by atoms with Crippen LogP contribution in [0.15, 0.2) is 18.3 Å². The highest BCUT2D eigenvalue weighted by Crippen LogP contribution is 2.23. The average Bonchev–Trinajstić information content (AvgIpc) is 2.39. The molecule has 0 spiro atoms. The fourth-order valence-electron chi connectivity index (χ4n) is 2.41. The van der Waals surface area contributed by atoms with Crippen molar-refractivity contribution in [2.45, 2.75) is 24.8 Å². The van der Waals surface area contributed by atoms with Crippen molar-refractivity contribution in [1.29, 1.82) is 0 Å². The SMILES string of the molecule is CN1CCC(N(C)c2ncccc2CCl)CC1. The third-order valence-corrected chi connectivity index (χ3v) is 3.87. The maximum absolute atomic E-state index is 5.96. The van der Waals surface area contributed by atoms with Crippen molar-refractivity contribution in [1.82, 2.24) is 9.88 Å². The largest absolute Gasteiger partial charge is 0.356 e. The summed E-state index contributed by atoms with van der Waals surface area (Å²) in [5, 5.41) is 0. The Bertz CT molecular complexity index is 361. The van der Waals surface area contributed by atoms with Gasteiger partial charge in [0.1, 0.15) is 5.82 Å². The minimum absolute atomic E-state index is 0.528. The van der Waals surface area contributed by atoms with E-state index in [1.165, 1.54) is 12.8 Å². The second-order valence-electron chi connectivity index (χ2n) is 4.77. The zero-order valence-corrected chi connectivity index (χ0v) is 11.3. The summed E-state index contributed by atoms with van der Waals surface area (Å²) in [6.07, 6.45) is 4.24. The number of hydrogen-bond acceptors (Lipinski definition) is 3. The first-order valence-corrected chi connectivity index (χ1v) is 6.67. The lowest BCUT2D eigenvalue weighted by molar-refractivity contribution is 0.252. The van der Waals surface area contributed by atoms with Gasteiger partial charge >= 0.3 is 0 Å². The van der Waals surface area contributed by atoms with Gasteiger partial charge in [-0.2, -0.15) is 0 Å². The monoisotopic (exact) mass is 253 g/mol. The molecule has 1 aliphatic heterocycles. The van der Waals surface area contributed by atoms with Gasteiger partial charge in [0, 0.05) is 24.8 Å². The molecule has 1 saturated heterocycles. The molecular weight excluding hydrogens is 234 g/mol. The van der Waals surface area contributed by atoms with Crippen LogP contribution >= 0.6 is 11.6 Å². The molecule has 17 heavy (non-hydrogen) atoms. The predicted octanol–water partition coefficient (Wildman–Crippen LogP) is 2.35. The van der Waals surface area contributed by atoms with Crippen molar-refractivity contribution in [3.05, 3.63) is 23.9 Å². The second-order valence-corrected chi connectivity index (χ2v) is 5.03. The summed E-state index contributed by atoms with van der Waals surface area (Å²) in [6.45, 7) is 2.33. The van der Waals surface area contributed by atoms with Gasteiger partial charge in [-0.05, 0) is 39.0 Å². The molecule has 1 aromatic rings. The van der Waals surface area contributed by atoms with Crippen LogP contribution in [0.2, 0.25) is 0 Å². The predicted molar refractivity (Wildman–Crippen MR) is 72.7 cm³/mol. The van der Waals surface area contributed by atoms with Crippen molar-refractivity contribution < 1.29 is 0 Å². The van der Waals surface area contributed by atoms with E-state index in [0.29, 0.717) is 11.9 Å². The van der Waals surface area contributed by atoms with Gasteiger partial charge in [0.15, 0.2) is 0 Å². The number of pyridine rings is 1. The number of nitrogens with zero attached hydrogens (tertiary/aromatic N) is 3. The van der Waals surface area contributed by atoms with Crippen LogP contribution in [0.25, 0.3) is 0 Å². The van der Waals surface area contributed by atoms with Crippen LogP contribution in [0.5, 0.6) is 0 Å². The van der Waals surface area contributed by atoms with Crippen LogP contribution in [0.4, 0.5) is 5.82 Å². The standard InChI is InChI=1S/C13H20ClN3/c1-16-8-5-12(6-9-16)17(2)13-11(10-14)4-3-7-15-13/h3-4,7,12H,5-6,8-10H2,1-2H3. The topological polar surface area (TPSA) is 19.4 Å². The molecule has 3 nitrogen and oxygen atoms in total. The minimum atomic E-state index is 0.528. The van der Waals surface area contributed by atoms with Crippen LogP contribution in [-0.4, -0.2) is 43.1 Å². The van der Waals surface area contributed by atoms with Crippen molar-refractivity contribution in [3.63, 3.8) is 0 Å². The maximum atomic E-state index is 5.96. The molecule has 1 aromatic heterocycles. The van der Waals surface area contributed by atoms with Gasteiger partial charge < -0.3 is 9.80 Å². The molecule has 1 aliphatic rings. The number of hydrogen-bond donors (Lipinski definition) is 0. The van der Waals surface area contributed by atoms with Gasteiger partial charge in [0.2, 0.25) is 0 Å². The van der Waals surface area contributed by atoms with Crippen molar-refractivity contribution in [2.75, 3.05) is 32.1 Å². The van der Waals surface area contributed by atoms with E-state index in [2.05, 4.69) is 34.9 Å². The molecule has 0 saturated carbocycles. The van der Waals surface area contributed by atoms with Crippen molar-refractivity contribution in [3.8, 4) is 0 Å². The molecule has 0 unspecified atom stereocenters. The number of likely N-dealkylation sites (tertiary alicyclic amines) is 1. The summed E-state index contributed by atoms with van der Waals surface area (Å²) in [5.74, 6) is 1.57. The Morgan fingerprint density at radius 1 is 1.47 bits per heavy atom. The Balaban J connectivity index is 2.10. The van der Waals surface area contributed by atoms with Crippen LogP contribution < -0.4 is 4.90 Å². The second kappa shape index (κ2) is 5.69. The fourth-order valence-corrected chi connectivity index (χ4v) is 2.62. The number of halogens is 1. The zero-order chi connectivity index (χ0) is 12.3. The van der Waals surface area contributed by atoms with E-state index < -0.39 is 0 Å². The van der Waals surface area contributed by atoms with E-state index in [1.807, 2.05) is 12.3 Å². The highest BCUT2D eigenvalue weighted by Gasteiger charge is 2.22. The molecule has 2 heterocycles.